The first-order chi connectivity index (χ1) is 6.68. The number of hydrogen-bond acceptors (Lipinski definition) is 4. The molecule has 0 aromatic carbocycles. The molecule has 14 heavy (non-hydrogen) atoms. The number of nitrogens with zero attached hydrogens (tertiary/aromatic N) is 1. The van der Waals surface area contributed by atoms with Crippen LogP contribution in [0.3, 0.4) is 0 Å². The van der Waals surface area contributed by atoms with Gasteiger partial charge in [0, 0.05) is 6.20 Å². The molecule has 1 aromatic heterocycles. The number of fused-ring (bicyclic) bond motifs is 1. The molecular formula is C9H11N3O2. The van der Waals surface area contributed by atoms with E-state index in [4.69, 9.17) is 10.5 Å². The topological polar surface area (TPSA) is 77.2 Å². The van der Waals surface area contributed by atoms with E-state index in [-0.39, 0.29) is 12.0 Å². The van der Waals surface area contributed by atoms with Gasteiger partial charge in [0.15, 0.2) is 0 Å². The molecule has 0 saturated carbocycles. The van der Waals surface area contributed by atoms with Crippen molar-refractivity contribution in [1.82, 2.24) is 4.98 Å². The van der Waals surface area contributed by atoms with Gasteiger partial charge in [-0.1, -0.05) is 0 Å². The third-order valence-corrected chi connectivity index (χ3v) is 2.14. The van der Waals surface area contributed by atoms with Crippen molar-refractivity contribution in [2.24, 2.45) is 5.73 Å². The molecule has 0 unspecified atom stereocenters. The highest BCUT2D eigenvalue weighted by atomic mass is 16.5. The summed E-state index contributed by atoms with van der Waals surface area (Å²) in [5, 5.41) is 2.65. The molecule has 2 heterocycles. The zero-order valence-corrected chi connectivity index (χ0v) is 7.73. The van der Waals surface area contributed by atoms with E-state index in [0.29, 0.717) is 11.6 Å². The Morgan fingerprint density at radius 2 is 2.43 bits per heavy atom. The van der Waals surface area contributed by atoms with Crippen LogP contribution in [-0.2, 0) is 4.79 Å². The number of carbonyl (C=O) groups is 1. The first-order valence-electron chi connectivity index (χ1n) is 4.36. The predicted octanol–water partition coefficient (Wildman–Crippen LogP) is 0.128. The SMILES string of the molecule is C[C@H]1Oc2ncccc2NC(=O)[C@H]1N. The molecule has 2 atom stereocenters. The third-order valence-electron chi connectivity index (χ3n) is 2.14. The molecule has 1 aliphatic rings. The number of carbonyl (C=O) groups excluding carboxylic acids is 1. The average Bonchev–Trinajstić information content (AvgIpc) is 2.28. The Balaban J connectivity index is 2.39. The van der Waals surface area contributed by atoms with Crippen LogP contribution in [0.1, 0.15) is 6.92 Å². The third kappa shape index (κ3) is 1.42. The number of hydrogen-bond donors (Lipinski definition) is 2. The Morgan fingerprint density at radius 1 is 1.64 bits per heavy atom. The Labute approximate surface area is 81.3 Å². The molecular weight excluding hydrogens is 182 g/mol. The van der Waals surface area contributed by atoms with Gasteiger partial charge >= 0.3 is 0 Å². The van der Waals surface area contributed by atoms with Crippen molar-refractivity contribution in [2.75, 3.05) is 5.32 Å². The first-order valence-corrected chi connectivity index (χ1v) is 4.36. The average molecular weight is 193 g/mol. The predicted molar refractivity (Wildman–Crippen MR) is 50.9 cm³/mol. The highest BCUT2D eigenvalue weighted by molar-refractivity contribution is 5.96. The number of rotatable bonds is 0. The molecule has 3 N–H and O–H groups in total. The smallest absolute Gasteiger partial charge is 0.245 e. The number of nitrogens with two attached hydrogens (primary N) is 1. The van der Waals surface area contributed by atoms with Crippen molar-refractivity contribution in [2.45, 2.75) is 19.1 Å². The van der Waals surface area contributed by atoms with Crippen LogP contribution in [0.4, 0.5) is 5.69 Å². The lowest BCUT2D eigenvalue weighted by Gasteiger charge is -2.14. The van der Waals surface area contributed by atoms with E-state index in [1.54, 1.807) is 25.3 Å². The lowest BCUT2D eigenvalue weighted by Crippen LogP contribution is -2.44. The van der Waals surface area contributed by atoms with Crippen molar-refractivity contribution in [3.63, 3.8) is 0 Å². The van der Waals surface area contributed by atoms with Crippen LogP contribution in [-0.4, -0.2) is 23.0 Å². The van der Waals surface area contributed by atoms with Crippen molar-refractivity contribution in [1.29, 1.82) is 0 Å². The summed E-state index contributed by atoms with van der Waals surface area (Å²) < 4.78 is 5.42. The Kier molecular flexibility index (Phi) is 2.09. The fraction of sp³-hybridized carbons (Fsp3) is 0.333. The monoisotopic (exact) mass is 193 g/mol. The maximum Gasteiger partial charge on any atom is 0.245 e. The van der Waals surface area contributed by atoms with Crippen LogP contribution in [0.2, 0.25) is 0 Å². The molecule has 1 amide bonds. The van der Waals surface area contributed by atoms with Gasteiger partial charge in [0.25, 0.3) is 0 Å². The van der Waals surface area contributed by atoms with Crippen LogP contribution >= 0.6 is 0 Å². The van der Waals surface area contributed by atoms with E-state index < -0.39 is 6.04 Å². The van der Waals surface area contributed by atoms with Crippen molar-refractivity contribution >= 4 is 11.6 Å². The van der Waals surface area contributed by atoms with E-state index >= 15 is 0 Å². The van der Waals surface area contributed by atoms with Gasteiger partial charge in [0.05, 0.1) is 0 Å². The molecule has 0 radical (unpaired) electrons. The second kappa shape index (κ2) is 3.26. The number of nitrogens with one attached hydrogen (secondary N) is 1. The fourth-order valence-electron chi connectivity index (χ4n) is 1.26. The minimum atomic E-state index is -0.663. The summed E-state index contributed by atoms with van der Waals surface area (Å²) in [6.07, 6.45) is 1.24. The van der Waals surface area contributed by atoms with Crippen LogP contribution in [0.15, 0.2) is 18.3 Å². The molecule has 0 bridgehead atoms. The van der Waals surface area contributed by atoms with Gasteiger partial charge in [0.1, 0.15) is 17.8 Å². The summed E-state index contributed by atoms with van der Waals surface area (Å²) in [4.78, 5) is 15.4. The zero-order chi connectivity index (χ0) is 10.1. The van der Waals surface area contributed by atoms with E-state index in [1.165, 1.54) is 0 Å². The summed E-state index contributed by atoms with van der Waals surface area (Å²) in [6, 6.07) is 2.79. The first kappa shape index (κ1) is 8.96. The fourth-order valence-corrected chi connectivity index (χ4v) is 1.26. The maximum absolute atomic E-state index is 11.4. The summed E-state index contributed by atoms with van der Waals surface area (Å²) in [7, 11) is 0. The van der Waals surface area contributed by atoms with Gasteiger partial charge in [-0.25, -0.2) is 4.98 Å². The molecule has 0 saturated heterocycles. The number of aromatic nitrogens is 1. The number of pyridine rings is 1. The van der Waals surface area contributed by atoms with Gasteiger partial charge in [-0.2, -0.15) is 0 Å². The molecule has 0 aliphatic carbocycles. The molecule has 5 nitrogen and oxygen atoms in total. The quantitative estimate of drug-likeness (QED) is 0.614. The second-order valence-corrected chi connectivity index (χ2v) is 3.19. The van der Waals surface area contributed by atoms with Crippen molar-refractivity contribution in [3.8, 4) is 5.88 Å². The van der Waals surface area contributed by atoms with Crippen LogP contribution in [0, 0.1) is 0 Å². The highest BCUT2D eigenvalue weighted by Crippen LogP contribution is 2.24. The highest BCUT2D eigenvalue weighted by Gasteiger charge is 2.27. The lowest BCUT2D eigenvalue weighted by atomic mass is 10.2. The van der Waals surface area contributed by atoms with E-state index in [1.807, 2.05) is 0 Å². The Bertz CT molecular complexity index is 367. The Hall–Kier alpha value is -1.62. The molecule has 0 fully saturated rings. The van der Waals surface area contributed by atoms with E-state index in [9.17, 15) is 4.79 Å². The van der Waals surface area contributed by atoms with E-state index in [0.717, 1.165) is 0 Å². The molecule has 74 valence electrons. The normalized spacial score (nSPS) is 25.7. The summed E-state index contributed by atoms with van der Waals surface area (Å²) in [5.74, 6) is 0.172. The standard InChI is InChI=1S/C9H11N3O2/c1-5-7(10)8(13)12-6-3-2-4-11-9(6)14-5/h2-5,7H,10H2,1H3,(H,12,13)/t5-,7+/m1/s1. The van der Waals surface area contributed by atoms with Gasteiger partial charge < -0.3 is 15.8 Å². The molecule has 5 heteroatoms. The van der Waals surface area contributed by atoms with Crippen molar-refractivity contribution < 1.29 is 9.53 Å². The second-order valence-electron chi connectivity index (χ2n) is 3.19. The number of ether oxygens (including phenoxy) is 1. The van der Waals surface area contributed by atoms with Crippen LogP contribution in [0.25, 0.3) is 0 Å². The minimum absolute atomic E-state index is 0.246. The van der Waals surface area contributed by atoms with E-state index in [2.05, 4.69) is 10.3 Å². The zero-order valence-electron chi connectivity index (χ0n) is 7.73. The molecule has 0 spiro atoms. The minimum Gasteiger partial charge on any atom is -0.471 e. The largest absolute Gasteiger partial charge is 0.471 e. The van der Waals surface area contributed by atoms with Crippen LogP contribution in [0.5, 0.6) is 5.88 Å². The lowest BCUT2D eigenvalue weighted by molar-refractivity contribution is -0.118. The van der Waals surface area contributed by atoms with Crippen molar-refractivity contribution in [3.05, 3.63) is 18.3 Å². The van der Waals surface area contributed by atoms with Gasteiger partial charge in [0.2, 0.25) is 11.8 Å². The van der Waals surface area contributed by atoms with Gasteiger partial charge in [-0.15, -0.1) is 0 Å². The van der Waals surface area contributed by atoms with Crippen LogP contribution < -0.4 is 15.8 Å². The molecule has 2 rings (SSSR count). The summed E-state index contributed by atoms with van der Waals surface area (Å²) >= 11 is 0. The van der Waals surface area contributed by atoms with Gasteiger partial charge in [-0.3, -0.25) is 4.79 Å². The molecule has 1 aromatic rings. The number of amides is 1. The molecule has 1 aliphatic heterocycles. The Morgan fingerprint density at radius 3 is 3.21 bits per heavy atom. The number of anilines is 1. The van der Waals surface area contributed by atoms with Gasteiger partial charge in [-0.05, 0) is 19.1 Å². The summed E-state index contributed by atoms with van der Waals surface area (Å²) in [5.41, 5.74) is 6.20. The maximum atomic E-state index is 11.4. The summed E-state index contributed by atoms with van der Waals surface area (Å²) in [6.45, 7) is 1.74.